The molecule has 0 aliphatic heterocycles. The molecule has 0 fully saturated rings. The maximum Gasteiger partial charge on any atom is 0.328 e. The fourth-order valence-corrected chi connectivity index (χ4v) is 0.849. The van der Waals surface area contributed by atoms with E-state index < -0.39 is 5.97 Å². The molecule has 0 saturated carbocycles. The number of hydrogen-bond donors (Lipinski definition) is 1. The molecule has 0 amide bonds. The van der Waals surface area contributed by atoms with Crippen LogP contribution in [0.4, 0.5) is 0 Å². The van der Waals surface area contributed by atoms with Crippen LogP contribution in [0.2, 0.25) is 0 Å². The highest BCUT2D eigenvalue weighted by Gasteiger charge is 1.85. The summed E-state index contributed by atoms with van der Waals surface area (Å²) in [5.41, 5.74) is 0.898. The van der Waals surface area contributed by atoms with Crippen LogP contribution in [0.1, 0.15) is 12.5 Å². The Morgan fingerprint density at radius 1 is 1.29 bits per heavy atom. The minimum Gasteiger partial charge on any atom is -0.478 e. The molecule has 0 atom stereocenters. The van der Waals surface area contributed by atoms with Crippen LogP contribution in [0.5, 0.6) is 0 Å². The van der Waals surface area contributed by atoms with E-state index in [9.17, 15) is 9.59 Å². The first kappa shape index (κ1) is 14.6. The highest BCUT2D eigenvalue weighted by Crippen LogP contribution is 1.99. The van der Waals surface area contributed by atoms with Gasteiger partial charge in [0.05, 0.1) is 6.26 Å². The van der Waals surface area contributed by atoms with Crippen molar-refractivity contribution in [3.63, 3.8) is 0 Å². The molecule has 0 spiro atoms. The van der Waals surface area contributed by atoms with Crippen LogP contribution in [0.3, 0.4) is 0 Å². The predicted molar refractivity (Wildman–Crippen MR) is 65.1 cm³/mol. The maximum absolute atomic E-state index is 10.1. The van der Waals surface area contributed by atoms with Crippen LogP contribution >= 0.6 is 0 Å². The van der Waals surface area contributed by atoms with Crippen molar-refractivity contribution in [2.45, 2.75) is 6.92 Å². The van der Waals surface area contributed by atoms with Gasteiger partial charge in [0.2, 0.25) is 0 Å². The summed E-state index contributed by atoms with van der Waals surface area (Å²) in [6.07, 6.45) is 3.78. The number of carbonyl (C=O) groups excluding carboxylic acids is 1. The lowest BCUT2D eigenvalue weighted by atomic mass is 10.2. The number of esters is 1. The second-order valence-electron chi connectivity index (χ2n) is 2.86. The Labute approximate surface area is 99.8 Å². The third-order valence-electron chi connectivity index (χ3n) is 1.47. The van der Waals surface area contributed by atoms with Gasteiger partial charge in [-0.05, 0) is 11.6 Å². The predicted octanol–water partition coefficient (Wildman–Crippen LogP) is 2.48. The molecule has 4 nitrogen and oxygen atoms in total. The first-order valence-corrected chi connectivity index (χ1v) is 4.80. The Bertz CT molecular complexity index is 393. The SMILES string of the molecule is C=COC(C)=O.O=C(O)/C=C/c1ccccc1. The number of rotatable bonds is 3. The van der Waals surface area contributed by atoms with Gasteiger partial charge in [-0.3, -0.25) is 4.79 Å². The van der Waals surface area contributed by atoms with E-state index in [-0.39, 0.29) is 5.97 Å². The van der Waals surface area contributed by atoms with E-state index in [1.807, 2.05) is 30.3 Å². The molecular formula is C13H14O4. The van der Waals surface area contributed by atoms with Crippen LogP contribution in [-0.4, -0.2) is 17.0 Å². The summed E-state index contributed by atoms with van der Waals surface area (Å²) >= 11 is 0. The molecule has 0 unspecified atom stereocenters. The average molecular weight is 234 g/mol. The number of carbonyl (C=O) groups is 2. The number of hydrogen-bond acceptors (Lipinski definition) is 3. The van der Waals surface area contributed by atoms with Gasteiger partial charge in [-0.15, -0.1) is 0 Å². The first-order valence-electron chi connectivity index (χ1n) is 4.80. The smallest absolute Gasteiger partial charge is 0.328 e. The molecule has 17 heavy (non-hydrogen) atoms. The number of carboxylic acid groups (broad SMARTS) is 1. The van der Waals surface area contributed by atoms with Crippen molar-refractivity contribution >= 4 is 18.0 Å². The van der Waals surface area contributed by atoms with Gasteiger partial charge >= 0.3 is 11.9 Å². The Kier molecular flexibility index (Phi) is 7.67. The quantitative estimate of drug-likeness (QED) is 0.495. The van der Waals surface area contributed by atoms with Gasteiger partial charge in [0.1, 0.15) is 0 Å². The summed E-state index contributed by atoms with van der Waals surface area (Å²) in [7, 11) is 0. The normalized spacial score (nSPS) is 9.00. The van der Waals surface area contributed by atoms with E-state index in [4.69, 9.17) is 5.11 Å². The second kappa shape index (κ2) is 8.91. The third-order valence-corrected chi connectivity index (χ3v) is 1.47. The van der Waals surface area contributed by atoms with E-state index in [0.717, 1.165) is 17.9 Å². The van der Waals surface area contributed by atoms with Crippen molar-refractivity contribution in [3.8, 4) is 0 Å². The zero-order valence-corrected chi connectivity index (χ0v) is 9.50. The maximum atomic E-state index is 10.1. The molecule has 4 heteroatoms. The molecule has 90 valence electrons. The molecule has 1 aromatic carbocycles. The summed E-state index contributed by atoms with van der Waals surface area (Å²) < 4.78 is 4.17. The highest BCUT2D eigenvalue weighted by atomic mass is 16.5. The van der Waals surface area contributed by atoms with Gasteiger partial charge in [-0.2, -0.15) is 0 Å². The van der Waals surface area contributed by atoms with Gasteiger partial charge < -0.3 is 9.84 Å². The Hall–Kier alpha value is -2.36. The Morgan fingerprint density at radius 2 is 1.88 bits per heavy atom. The van der Waals surface area contributed by atoms with Crippen molar-refractivity contribution in [1.29, 1.82) is 0 Å². The van der Waals surface area contributed by atoms with Crippen LogP contribution in [0.15, 0.2) is 49.2 Å². The summed E-state index contributed by atoms with van der Waals surface area (Å²) in [6, 6.07) is 9.31. The molecule has 0 radical (unpaired) electrons. The van der Waals surface area contributed by atoms with Gasteiger partial charge in [-0.25, -0.2) is 4.79 Å². The van der Waals surface area contributed by atoms with Crippen molar-refractivity contribution in [2.75, 3.05) is 0 Å². The van der Waals surface area contributed by atoms with Gasteiger partial charge in [0, 0.05) is 13.0 Å². The summed E-state index contributed by atoms with van der Waals surface area (Å²) in [5.74, 6) is -1.25. The second-order valence-corrected chi connectivity index (χ2v) is 2.86. The lowest BCUT2D eigenvalue weighted by Gasteiger charge is -1.87. The van der Waals surface area contributed by atoms with E-state index >= 15 is 0 Å². The fraction of sp³-hybridized carbons (Fsp3) is 0.0769. The lowest BCUT2D eigenvalue weighted by Crippen LogP contribution is -1.87. The van der Waals surface area contributed by atoms with E-state index in [2.05, 4.69) is 11.3 Å². The molecule has 0 aromatic heterocycles. The largest absolute Gasteiger partial charge is 0.478 e. The zero-order chi connectivity index (χ0) is 13.1. The molecule has 0 heterocycles. The summed E-state index contributed by atoms with van der Waals surface area (Å²) in [6.45, 7) is 4.48. The van der Waals surface area contributed by atoms with Crippen molar-refractivity contribution in [3.05, 3.63) is 54.8 Å². The third kappa shape index (κ3) is 9.93. The molecule has 1 N–H and O–H groups in total. The van der Waals surface area contributed by atoms with Gasteiger partial charge in [-0.1, -0.05) is 36.9 Å². The summed E-state index contributed by atoms with van der Waals surface area (Å²) in [4.78, 5) is 19.8. The van der Waals surface area contributed by atoms with Gasteiger partial charge in [0.25, 0.3) is 0 Å². The molecular weight excluding hydrogens is 220 g/mol. The van der Waals surface area contributed by atoms with Crippen LogP contribution in [-0.2, 0) is 14.3 Å². The Balaban J connectivity index is 0.000000366. The van der Waals surface area contributed by atoms with Crippen molar-refractivity contribution in [1.82, 2.24) is 0 Å². The molecule has 1 rings (SSSR count). The van der Waals surface area contributed by atoms with Gasteiger partial charge in [0.15, 0.2) is 0 Å². The average Bonchev–Trinajstić information content (AvgIpc) is 2.28. The molecule has 0 bridgehead atoms. The highest BCUT2D eigenvalue weighted by molar-refractivity contribution is 5.85. The van der Waals surface area contributed by atoms with Crippen LogP contribution in [0.25, 0.3) is 6.08 Å². The van der Waals surface area contributed by atoms with Crippen molar-refractivity contribution < 1.29 is 19.4 Å². The summed E-state index contributed by atoms with van der Waals surface area (Å²) in [5, 5.41) is 8.29. The molecule has 0 aliphatic rings. The molecule has 1 aromatic rings. The topological polar surface area (TPSA) is 63.6 Å². The van der Waals surface area contributed by atoms with Crippen LogP contribution in [0, 0.1) is 0 Å². The van der Waals surface area contributed by atoms with Crippen molar-refractivity contribution in [2.24, 2.45) is 0 Å². The molecule has 0 saturated heterocycles. The zero-order valence-electron chi connectivity index (χ0n) is 9.50. The van der Waals surface area contributed by atoms with E-state index in [0.29, 0.717) is 0 Å². The minimum absolute atomic E-state index is 0.329. The fourth-order valence-electron chi connectivity index (χ4n) is 0.849. The number of aliphatic carboxylic acids is 1. The molecule has 0 aliphatic carbocycles. The van der Waals surface area contributed by atoms with Crippen LogP contribution < -0.4 is 0 Å². The Morgan fingerprint density at radius 3 is 2.24 bits per heavy atom. The van der Waals surface area contributed by atoms with E-state index in [1.165, 1.54) is 6.92 Å². The lowest BCUT2D eigenvalue weighted by molar-refractivity contribution is -0.135. The minimum atomic E-state index is -0.922. The standard InChI is InChI=1S/C9H8O2.C4H6O2/c10-9(11)7-6-8-4-2-1-3-5-8;1-3-6-4(2)5/h1-7H,(H,10,11);3H,1H2,2H3/b7-6+;. The number of carboxylic acids is 1. The number of benzene rings is 1. The first-order chi connectivity index (χ1) is 8.06. The monoisotopic (exact) mass is 234 g/mol. The number of ether oxygens (including phenoxy) is 1. The van der Waals surface area contributed by atoms with E-state index in [1.54, 1.807) is 6.08 Å².